The van der Waals surface area contributed by atoms with Gasteiger partial charge in [0.05, 0.1) is 6.61 Å². The first-order valence-electron chi connectivity index (χ1n) is 5.65. The Bertz CT molecular complexity index is 304. The normalized spacial score (nSPS) is 14.1. The van der Waals surface area contributed by atoms with Crippen molar-refractivity contribution in [2.75, 3.05) is 6.61 Å². The second-order valence-corrected chi connectivity index (χ2v) is 3.99. The first-order chi connectivity index (χ1) is 6.90. The Morgan fingerprint density at radius 1 is 1.21 bits per heavy atom. The third kappa shape index (κ3) is 2.09. The highest BCUT2D eigenvalue weighted by Crippen LogP contribution is 2.25. The van der Waals surface area contributed by atoms with Gasteiger partial charge in [-0.15, -0.1) is 0 Å². The highest BCUT2D eigenvalue weighted by molar-refractivity contribution is 5.38. The fourth-order valence-electron chi connectivity index (χ4n) is 1.97. The zero-order valence-corrected chi connectivity index (χ0v) is 8.88. The van der Waals surface area contributed by atoms with Gasteiger partial charge in [-0.1, -0.05) is 19.4 Å². The average Bonchev–Trinajstić information content (AvgIpc) is 2.65. The number of benzene rings is 1. The van der Waals surface area contributed by atoms with Crippen molar-refractivity contribution in [2.24, 2.45) is 0 Å². The maximum Gasteiger partial charge on any atom is 0.119 e. The van der Waals surface area contributed by atoms with E-state index in [4.69, 9.17) is 4.74 Å². The van der Waals surface area contributed by atoms with Crippen molar-refractivity contribution in [3.05, 3.63) is 29.3 Å². The summed E-state index contributed by atoms with van der Waals surface area (Å²) in [5.41, 5.74) is 3.02. The number of hydrogen-bond donors (Lipinski definition) is 0. The molecule has 1 aliphatic carbocycles. The molecule has 0 atom stereocenters. The predicted octanol–water partition coefficient (Wildman–Crippen LogP) is 3.35. The van der Waals surface area contributed by atoms with Crippen molar-refractivity contribution in [1.82, 2.24) is 0 Å². The Labute approximate surface area is 86.1 Å². The molecule has 1 aromatic rings. The lowest BCUT2D eigenvalue weighted by Gasteiger charge is -2.07. The summed E-state index contributed by atoms with van der Waals surface area (Å²) in [6.45, 7) is 3.04. The van der Waals surface area contributed by atoms with Gasteiger partial charge in [0.1, 0.15) is 5.75 Å². The summed E-state index contributed by atoms with van der Waals surface area (Å²) in [6, 6.07) is 6.56. The quantitative estimate of drug-likeness (QED) is 0.661. The molecule has 1 heteroatoms. The lowest BCUT2D eigenvalue weighted by Crippen LogP contribution is -1.97. The Balaban J connectivity index is 1.98. The van der Waals surface area contributed by atoms with Gasteiger partial charge in [-0.25, -0.2) is 0 Å². The summed E-state index contributed by atoms with van der Waals surface area (Å²) < 4.78 is 5.67. The van der Waals surface area contributed by atoms with Gasteiger partial charge in [0.2, 0.25) is 0 Å². The molecule has 1 aromatic carbocycles. The molecule has 1 aliphatic rings. The van der Waals surface area contributed by atoms with E-state index in [0.29, 0.717) is 0 Å². The van der Waals surface area contributed by atoms with Gasteiger partial charge in [0.15, 0.2) is 0 Å². The molecule has 0 heterocycles. The van der Waals surface area contributed by atoms with Crippen LogP contribution in [-0.2, 0) is 12.8 Å². The fraction of sp³-hybridized carbons (Fsp3) is 0.538. The van der Waals surface area contributed by atoms with E-state index in [1.165, 1.54) is 36.8 Å². The van der Waals surface area contributed by atoms with Gasteiger partial charge in [0, 0.05) is 0 Å². The zero-order valence-electron chi connectivity index (χ0n) is 8.88. The molecule has 0 fully saturated rings. The average molecular weight is 190 g/mol. The maximum atomic E-state index is 5.67. The Hall–Kier alpha value is -0.980. The van der Waals surface area contributed by atoms with Crippen LogP contribution in [-0.4, -0.2) is 6.61 Å². The summed E-state index contributed by atoms with van der Waals surface area (Å²) >= 11 is 0. The second kappa shape index (κ2) is 4.50. The summed E-state index contributed by atoms with van der Waals surface area (Å²) in [4.78, 5) is 0. The van der Waals surface area contributed by atoms with Crippen LogP contribution in [0.25, 0.3) is 0 Å². The van der Waals surface area contributed by atoms with Gasteiger partial charge >= 0.3 is 0 Å². The molecule has 0 amide bonds. The van der Waals surface area contributed by atoms with Gasteiger partial charge in [-0.3, -0.25) is 0 Å². The summed E-state index contributed by atoms with van der Waals surface area (Å²) in [6.07, 6.45) is 6.15. The molecule has 0 aromatic heterocycles. The van der Waals surface area contributed by atoms with E-state index in [0.717, 1.165) is 18.8 Å². The van der Waals surface area contributed by atoms with Crippen molar-refractivity contribution in [2.45, 2.75) is 39.0 Å². The molecule has 0 unspecified atom stereocenters. The number of ether oxygens (including phenoxy) is 1. The molecule has 0 spiro atoms. The number of fused-ring (bicyclic) bond motifs is 1. The second-order valence-electron chi connectivity index (χ2n) is 3.99. The van der Waals surface area contributed by atoms with E-state index in [9.17, 15) is 0 Å². The predicted molar refractivity (Wildman–Crippen MR) is 58.9 cm³/mol. The van der Waals surface area contributed by atoms with Crippen LogP contribution < -0.4 is 4.74 Å². The topological polar surface area (TPSA) is 9.23 Å². The van der Waals surface area contributed by atoms with Crippen LogP contribution in [0.15, 0.2) is 18.2 Å². The van der Waals surface area contributed by atoms with Crippen molar-refractivity contribution in [3.63, 3.8) is 0 Å². The van der Waals surface area contributed by atoms with Gasteiger partial charge in [-0.05, 0) is 48.9 Å². The first kappa shape index (κ1) is 9.57. The van der Waals surface area contributed by atoms with Crippen molar-refractivity contribution < 1.29 is 4.74 Å². The van der Waals surface area contributed by atoms with E-state index in [1.54, 1.807) is 0 Å². The highest BCUT2D eigenvalue weighted by Gasteiger charge is 2.10. The molecule has 0 N–H and O–H groups in total. The van der Waals surface area contributed by atoms with E-state index >= 15 is 0 Å². The van der Waals surface area contributed by atoms with E-state index < -0.39 is 0 Å². The van der Waals surface area contributed by atoms with Crippen LogP contribution in [0.5, 0.6) is 5.75 Å². The molecule has 14 heavy (non-hydrogen) atoms. The summed E-state index contributed by atoms with van der Waals surface area (Å²) in [7, 11) is 0. The maximum absolute atomic E-state index is 5.67. The number of hydrogen-bond acceptors (Lipinski definition) is 1. The highest BCUT2D eigenvalue weighted by atomic mass is 16.5. The molecule has 0 radical (unpaired) electrons. The number of rotatable bonds is 4. The van der Waals surface area contributed by atoms with Gasteiger partial charge in [-0.2, -0.15) is 0 Å². The minimum Gasteiger partial charge on any atom is -0.494 e. The standard InChI is InChI=1S/C13H18O/c1-2-3-9-14-13-8-7-11-5-4-6-12(11)10-13/h7-8,10H,2-6,9H2,1H3. The van der Waals surface area contributed by atoms with Crippen LogP contribution in [0.2, 0.25) is 0 Å². The van der Waals surface area contributed by atoms with Crippen LogP contribution in [0.1, 0.15) is 37.3 Å². The number of aryl methyl sites for hydroxylation is 2. The summed E-state index contributed by atoms with van der Waals surface area (Å²) in [5, 5.41) is 0. The van der Waals surface area contributed by atoms with Gasteiger partial charge < -0.3 is 4.74 Å². The van der Waals surface area contributed by atoms with Gasteiger partial charge in [0.25, 0.3) is 0 Å². The van der Waals surface area contributed by atoms with Crippen molar-refractivity contribution in [3.8, 4) is 5.75 Å². The molecule has 0 bridgehead atoms. The molecule has 0 aliphatic heterocycles. The minimum atomic E-state index is 0.856. The SMILES string of the molecule is CCCCOc1ccc2c(c1)CCC2. The Morgan fingerprint density at radius 3 is 2.93 bits per heavy atom. The Kier molecular flexibility index (Phi) is 3.07. The fourth-order valence-corrected chi connectivity index (χ4v) is 1.97. The molecular weight excluding hydrogens is 172 g/mol. The third-order valence-corrected chi connectivity index (χ3v) is 2.84. The zero-order chi connectivity index (χ0) is 9.80. The smallest absolute Gasteiger partial charge is 0.119 e. The van der Waals surface area contributed by atoms with Crippen LogP contribution in [0.4, 0.5) is 0 Å². The lowest BCUT2D eigenvalue weighted by molar-refractivity contribution is 0.309. The van der Waals surface area contributed by atoms with Crippen LogP contribution >= 0.6 is 0 Å². The minimum absolute atomic E-state index is 0.856. The van der Waals surface area contributed by atoms with Crippen LogP contribution in [0, 0.1) is 0 Å². The first-order valence-corrected chi connectivity index (χ1v) is 5.65. The van der Waals surface area contributed by atoms with Crippen molar-refractivity contribution >= 4 is 0 Å². The van der Waals surface area contributed by atoms with Crippen molar-refractivity contribution in [1.29, 1.82) is 0 Å². The van der Waals surface area contributed by atoms with E-state index in [-0.39, 0.29) is 0 Å². The van der Waals surface area contributed by atoms with E-state index in [1.807, 2.05) is 0 Å². The van der Waals surface area contributed by atoms with E-state index in [2.05, 4.69) is 25.1 Å². The molecule has 1 nitrogen and oxygen atoms in total. The Morgan fingerprint density at radius 2 is 2.07 bits per heavy atom. The molecular formula is C13H18O. The monoisotopic (exact) mass is 190 g/mol. The largest absolute Gasteiger partial charge is 0.494 e. The molecule has 2 rings (SSSR count). The summed E-state index contributed by atoms with van der Waals surface area (Å²) in [5.74, 6) is 1.05. The lowest BCUT2D eigenvalue weighted by atomic mass is 10.1. The molecule has 0 saturated heterocycles. The molecule has 76 valence electrons. The van der Waals surface area contributed by atoms with Crippen LogP contribution in [0.3, 0.4) is 0 Å². The molecule has 0 saturated carbocycles. The third-order valence-electron chi connectivity index (χ3n) is 2.84. The number of unbranched alkanes of at least 4 members (excludes halogenated alkanes) is 1.